The molecule has 1 aromatic carbocycles. The van der Waals surface area contributed by atoms with E-state index in [0.717, 1.165) is 16.9 Å². The second-order valence-electron chi connectivity index (χ2n) is 8.14. The summed E-state index contributed by atoms with van der Waals surface area (Å²) >= 11 is 1.12. The van der Waals surface area contributed by atoms with E-state index in [-0.39, 0.29) is 36.8 Å². The molecule has 0 N–H and O–H groups in total. The van der Waals surface area contributed by atoms with E-state index in [4.69, 9.17) is 18.9 Å². The third kappa shape index (κ3) is 6.73. The number of esters is 1. The number of carbonyl (C=O) groups is 2. The van der Waals surface area contributed by atoms with Crippen molar-refractivity contribution < 1.29 is 28.5 Å². The van der Waals surface area contributed by atoms with Gasteiger partial charge in [-0.05, 0) is 51.5 Å². The highest BCUT2D eigenvalue weighted by Gasteiger charge is 2.26. The molecule has 1 aliphatic rings. The van der Waals surface area contributed by atoms with Crippen molar-refractivity contribution in [3.05, 3.63) is 43.3 Å². The lowest BCUT2D eigenvalue weighted by molar-refractivity contribution is -0.144. The summed E-state index contributed by atoms with van der Waals surface area (Å²) in [5, 5.41) is 0. The predicted molar refractivity (Wildman–Crippen MR) is 133 cm³/mol. The molecule has 1 amide bonds. The molecule has 9 nitrogen and oxygen atoms in total. The first-order chi connectivity index (χ1) is 16.7. The number of ether oxygens (including phenoxy) is 4. The lowest BCUT2D eigenvalue weighted by Gasteiger charge is -2.35. The summed E-state index contributed by atoms with van der Waals surface area (Å²) in [6, 6.07) is 5.36. The molecule has 0 bridgehead atoms. The number of thiazole rings is 1. The van der Waals surface area contributed by atoms with Crippen molar-refractivity contribution in [2.45, 2.75) is 46.4 Å². The Balaban J connectivity index is 2.02. The molecule has 1 fully saturated rings. The molecular formula is C25H32N2O7S. The summed E-state index contributed by atoms with van der Waals surface area (Å²) in [7, 11) is 1.55. The van der Waals surface area contributed by atoms with Gasteiger partial charge in [0, 0.05) is 13.1 Å². The zero-order chi connectivity index (χ0) is 25.5. The number of carbonyl (C=O) groups excluding carboxylic acids is 2. The maximum atomic E-state index is 13.3. The smallest absolute Gasteiger partial charge is 0.333 e. The molecule has 2 heterocycles. The van der Waals surface area contributed by atoms with Crippen LogP contribution >= 0.6 is 11.3 Å². The largest absolute Gasteiger partial charge is 0.493 e. The standard InChI is InChI=1S/C25H32N2O7S/c1-6-32-19-9-8-18(10-20(19)31-5)11-21-25(30)27(23(35-21)12-24(29)33-7-2)15-22(28)26-13-16(3)34-17(4)14-26/h8-12,16-17H,6-7,13-15H2,1-5H3/b21-11+,23-12-/t16-,17+. The molecule has 190 valence electrons. The second kappa shape index (κ2) is 12.0. The van der Waals surface area contributed by atoms with Crippen molar-refractivity contribution in [1.29, 1.82) is 0 Å². The van der Waals surface area contributed by atoms with Crippen molar-refractivity contribution in [3.63, 3.8) is 0 Å². The van der Waals surface area contributed by atoms with Crippen LogP contribution < -0.4 is 24.2 Å². The molecule has 0 saturated carbocycles. The molecule has 1 aromatic heterocycles. The Bertz CT molecular complexity index is 1220. The zero-order valence-corrected chi connectivity index (χ0v) is 21.6. The van der Waals surface area contributed by atoms with Crippen LogP contribution in [0.1, 0.15) is 33.3 Å². The van der Waals surface area contributed by atoms with E-state index in [0.29, 0.717) is 40.4 Å². The topological polar surface area (TPSA) is 96.3 Å². The van der Waals surface area contributed by atoms with E-state index in [9.17, 15) is 14.4 Å². The number of hydrogen-bond donors (Lipinski definition) is 0. The van der Waals surface area contributed by atoms with Crippen LogP contribution in [0.25, 0.3) is 12.2 Å². The van der Waals surface area contributed by atoms with Gasteiger partial charge in [-0.1, -0.05) is 6.07 Å². The summed E-state index contributed by atoms with van der Waals surface area (Å²) in [6.07, 6.45) is 2.77. The first-order valence-electron chi connectivity index (χ1n) is 11.6. The average Bonchev–Trinajstić information content (AvgIpc) is 3.08. The molecular weight excluding hydrogens is 472 g/mol. The van der Waals surface area contributed by atoms with E-state index in [2.05, 4.69) is 0 Å². The first kappa shape index (κ1) is 26.5. The molecule has 0 radical (unpaired) electrons. The highest BCUT2D eigenvalue weighted by atomic mass is 32.1. The lowest BCUT2D eigenvalue weighted by atomic mass is 10.2. The van der Waals surface area contributed by atoms with Gasteiger partial charge in [0.15, 0.2) is 11.5 Å². The maximum absolute atomic E-state index is 13.3. The van der Waals surface area contributed by atoms with Crippen LogP contribution in [0.15, 0.2) is 23.0 Å². The third-order valence-corrected chi connectivity index (χ3v) is 6.38. The van der Waals surface area contributed by atoms with Crippen molar-refractivity contribution >= 4 is 35.4 Å². The van der Waals surface area contributed by atoms with Gasteiger partial charge in [-0.15, -0.1) is 11.3 Å². The van der Waals surface area contributed by atoms with Gasteiger partial charge in [-0.3, -0.25) is 14.2 Å². The van der Waals surface area contributed by atoms with Crippen molar-refractivity contribution in [3.8, 4) is 11.5 Å². The predicted octanol–water partition coefficient (Wildman–Crippen LogP) is 1.13. The number of rotatable bonds is 8. The number of amides is 1. The summed E-state index contributed by atoms with van der Waals surface area (Å²) in [4.78, 5) is 40.2. The number of hydrogen-bond acceptors (Lipinski definition) is 8. The van der Waals surface area contributed by atoms with Crippen LogP contribution in [0, 0.1) is 0 Å². The quantitative estimate of drug-likeness (QED) is 0.497. The molecule has 1 saturated heterocycles. The Morgan fingerprint density at radius 3 is 2.49 bits per heavy atom. The minimum absolute atomic E-state index is 0.0917. The fourth-order valence-electron chi connectivity index (χ4n) is 3.89. The number of morpholine rings is 1. The van der Waals surface area contributed by atoms with Gasteiger partial charge in [0.05, 0.1) is 43.1 Å². The van der Waals surface area contributed by atoms with Gasteiger partial charge in [-0.2, -0.15) is 0 Å². The molecule has 3 rings (SSSR count). The molecule has 2 aromatic rings. The van der Waals surface area contributed by atoms with Crippen LogP contribution in [0.3, 0.4) is 0 Å². The van der Waals surface area contributed by atoms with Crippen molar-refractivity contribution in [2.75, 3.05) is 33.4 Å². The Morgan fingerprint density at radius 2 is 1.86 bits per heavy atom. The summed E-state index contributed by atoms with van der Waals surface area (Å²) in [5.41, 5.74) is 0.363. The van der Waals surface area contributed by atoms with Gasteiger partial charge in [0.25, 0.3) is 5.56 Å². The number of methoxy groups -OCH3 is 1. The molecule has 0 spiro atoms. The molecule has 10 heteroatoms. The molecule has 2 atom stereocenters. The first-order valence-corrected chi connectivity index (χ1v) is 12.4. The van der Waals surface area contributed by atoms with Crippen LogP contribution in [-0.2, 0) is 25.6 Å². The summed E-state index contributed by atoms with van der Waals surface area (Å²) < 4.78 is 23.7. The van der Waals surface area contributed by atoms with Crippen LogP contribution in [-0.4, -0.2) is 67.0 Å². The van der Waals surface area contributed by atoms with Gasteiger partial charge < -0.3 is 23.8 Å². The zero-order valence-electron chi connectivity index (χ0n) is 20.7. The van der Waals surface area contributed by atoms with Crippen molar-refractivity contribution in [1.82, 2.24) is 9.47 Å². The fourth-order valence-corrected chi connectivity index (χ4v) is 4.93. The van der Waals surface area contributed by atoms with E-state index in [1.807, 2.05) is 26.8 Å². The summed E-state index contributed by atoms with van der Waals surface area (Å²) in [6.45, 7) is 8.82. The number of nitrogens with zero attached hydrogens (tertiary/aromatic N) is 2. The average molecular weight is 505 g/mol. The van der Waals surface area contributed by atoms with Gasteiger partial charge in [0.2, 0.25) is 5.91 Å². The summed E-state index contributed by atoms with van der Waals surface area (Å²) in [5.74, 6) is 0.366. The molecule has 1 aliphatic heterocycles. The number of benzene rings is 1. The number of aromatic nitrogens is 1. The van der Waals surface area contributed by atoms with Gasteiger partial charge in [-0.25, -0.2) is 4.79 Å². The molecule has 35 heavy (non-hydrogen) atoms. The normalized spacial score (nSPS) is 19.1. The molecule has 0 unspecified atom stereocenters. The van der Waals surface area contributed by atoms with E-state index < -0.39 is 5.97 Å². The van der Waals surface area contributed by atoms with Crippen LogP contribution in [0.5, 0.6) is 11.5 Å². The minimum Gasteiger partial charge on any atom is -0.493 e. The Hall–Kier alpha value is -3.11. The highest BCUT2D eigenvalue weighted by molar-refractivity contribution is 7.07. The maximum Gasteiger partial charge on any atom is 0.333 e. The van der Waals surface area contributed by atoms with Gasteiger partial charge >= 0.3 is 5.97 Å². The molecule has 0 aliphatic carbocycles. The lowest BCUT2D eigenvalue weighted by Crippen LogP contribution is -2.50. The SMILES string of the molecule is CCOC(=O)/C=c1\s/c(=C/c2ccc(OCC)c(OC)c2)c(=O)n1CC(=O)N1C[C@@H](C)O[C@@H](C)C1. The Labute approximate surface area is 208 Å². The Morgan fingerprint density at radius 1 is 1.14 bits per heavy atom. The fraction of sp³-hybridized carbons (Fsp3) is 0.480. The second-order valence-corrected chi connectivity index (χ2v) is 9.20. The van der Waals surface area contributed by atoms with Crippen molar-refractivity contribution in [2.24, 2.45) is 0 Å². The third-order valence-electron chi connectivity index (χ3n) is 5.32. The van der Waals surface area contributed by atoms with Crippen LogP contribution in [0.2, 0.25) is 0 Å². The van der Waals surface area contributed by atoms with E-state index in [1.54, 1.807) is 37.1 Å². The Kier molecular flexibility index (Phi) is 9.11. The monoisotopic (exact) mass is 504 g/mol. The van der Waals surface area contributed by atoms with E-state index in [1.165, 1.54) is 10.6 Å². The van der Waals surface area contributed by atoms with E-state index >= 15 is 0 Å². The minimum atomic E-state index is -0.571. The van der Waals surface area contributed by atoms with Crippen LogP contribution in [0.4, 0.5) is 0 Å². The van der Waals surface area contributed by atoms with Gasteiger partial charge in [0.1, 0.15) is 11.2 Å². The highest BCUT2D eigenvalue weighted by Crippen LogP contribution is 2.28.